The Hall–Kier alpha value is -2.75. The van der Waals surface area contributed by atoms with Gasteiger partial charge in [0.05, 0.1) is 16.1 Å². The van der Waals surface area contributed by atoms with E-state index >= 15 is 0 Å². The summed E-state index contributed by atoms with van der Waals surface area (Å²) in [7, 11) is -3.96. The number of hydrogen-bond donors (Lipinski definition) is 1. The molecule has 1 N–H and O–H groups in total. The summed E-state index contributed by atoms with van der Waals surface area (Å²) in [5.41, 5.74) is 1.17. The molecule has 1 aromatic heterocycles. The molecule has 0 unspecified atom stereocenters. The number of imidazole rings is 1. The van der Waals surface area contributed by atoms with Crippen molar-refractivity contribution in [1.82, 2.24) is 14.3 Å². The molecule has 0 aliphatic rings. The van der Waals surface area contributed by atoms with Crippen molar-refractivity contribution < 1.29 is 13.3 Å². The van der Waals surface area contributed by atoms with Gasteiger partial charge in [-0.3, -0.25) is 10.1 Å². The lowest BCUT2D eigenvalue weighted by atomic mass is 10.1. The van der Waals surface area contributed by atoms with Crippen LogP contribution >= 0.6 is 11.6 Å². The first kappa shape index (κ1) is 19.0. The molecule has 0 radical (unpaired) electrons. The smallest absolute Gasteiger partial charge is 0.289 e. The quantitative estimate of drug-likeness (QED) is 0.498. The van der Waals surface area contributed by atoms with Gasteiger partial charge in [-0.1, -0.05) is 23.7 Å². The number of aromatic nitrogens is 2. The van der Waals surface area contributed by atoms with Gasteiger partial charge in [-0.2, -0.15) is 0 Å². The molecule has 10 heteroatoms. The molecule has 0 aliphatic carbocycles. The maximum atomic E-state index is 12.6. The van der Waals surface area contributed by atoms with Crippen LogP contribution in [-0.2, 0) is 10.0 Å². The third kappa shape index (κ3) is 4.16. The van der Waals surface area contributed by atoms with Gasteiger partial charge in [-0.05, 0) is 36.8 Å². The number of benzene rings is 2. The molecule has 0 saturated heterocycles. The SMILES string of the molecule is C[C@@H](NS(=O)(=O)c1ccc(Cl)c([N+](=O)[O-])c1)c1ccc(-n2ccnc2)cc1. The van der Waals surface area contributed by atoms with E-state index in [0.717, 1.165) is 17.3 Å². The van der Waals surface area contributed by atoms with Crippen LogP contribution in [0.15, 0.2) is 66.1 Å². The van der Waals surface area contributed by atoms with Gasteiger partial charge >= 0.3 is 0 Å². The van der Waals surface area contributed by atoms with Crippen LogP contribution in [0, 0.1) is 10.1 Å². The van der Waals surface area contributed by atoms with Crippen molar-refractivity contribution in [2.75, 3.05) is 0 Å². The normalized spacial score (nSPS) is 12.7. The lowest BCUT2D eigenvalue weighted by Gasteiger charge is -2.15. The van der Waals surface area contributed by atoms with Gasteiger partial charge in [-0.25, -0.2) is 18.1 Å². The van der Waals surface area contributed by atoms with Crippen molar-refractivity contribution >= 4 is 27.3 Å². The van der Waals surface area contributed by atoms with Crippen LogP contribution in [0.1, 0.15) is 18.5 Å². The fraction of sp³-hybridized carbons (Fsp3) is 0.118. The fourth-order valence-electron chi connectivity index (χ4n) is 2.52. The molecular weight excluding hydrogens is 392 g/mol. The minimum atomic E-state index is -3.96. The van der Waals surface area contributed by atoms with Gasteiger partial charge in [0, 0.05) is 30.2 Å². The predicted molar refractivity (Wildman–Crippen MR) is 100 cm³/mol. The Bertz CT molecular complexity index is 1070. The monoisotopic (exact) mass is 406 g/mol. The second-order valence-corrected chi connectivity index (χ2v) is 7.90. The Morgan fingerprint density at radius 3 is 2.52 bits per heavy atom. The van der Waals surface area contributed by atoms with Gasteiger partial charge in [0.2, 0.25) is 10.0 Å². The minimum absolute atomic E-state index is 0.123. The van der Waals surface area contributed by atoms with E-state index in [-0.39, 0.29) is 9.92 Å². The first-order valence-corrected chi connectivity index (χ1v) is 9.68. The highest BCUT2D eigenvalue weighted by Gasteiger charge is 2.22. The van der Waals surface area contributed by atoms with Crippen molar-refractivity contribution in [1.29, 1.82) is 0 Å². The van der Waals surface area contributed by atoms with E-state index in [9.17, 15) is 18.5 Å². The standard InChI is InChI=1S/C17H15ClN4O4S/c1-12(13-2-4-14(5-3-13)21-9-8-19-11-21)20-27(25,26)15-6-7-16(18)17(10-15)22(23)24/h2-12,20H,1H3/t12-/m1/s1. The van der Waals surface area contributed by atoms with Crippen molar-refractivity contribution in [2.24, 2.45) is 0 Å². The summed E-state index contributed by atoms with van der Waals surface area (Å²) in [6.45, 7) is 1.69. The summed E-state index contributed by atoms with van der Waals surface area (Å²) in [6, 6.07) is 10.1. The summed E-state index contributed by atoms with van der Waals surface area (Å²) in [5, 5.41) is 10.9. The average molecular weight is 407 g/mol. The van der Waals surface area contributed by atoms with E-state index in [1.54, 1.807) is 37.8 Å². The number of nitrogens with zero attached hydrogens (tertiary/aromatic N) is 3. The van der Waals surface area contributed by atoms with E-state index in [2.05, 4.69) is 9.71 Å². The molecule has 0 bridgehead atoms. The number of halogens is 1. The second kappa shape index (κ2) is 7.47. The molecule has 0 spiro atoms. The molecule has 140 valence electrons. The minimum Gasteiger partial charge on any atom is -0.306 e. The third-order valence-corrected chi connectivity index (χ3v) is 5.81. The van der Waals surface area contributed by atoms with Crippen LogP contribution in [0.5, 0.6) is 0 Å². The van der Waals surface area contributed by atoms with E-state index in [4.69, 9.17) is 11.6 Å². The molecule has 27 heavy (non-hydrogen) atoms. The first-order chi connectivity index (χ1) is 12.8. The molecule has 2 aromatic carbocycles. The molecule has 0 saturated carbocycles. The van der Waals surface area contributed by atoms with E-state index < -0.39 is 26.7 Å². The molecule has 1 atom stereocenters. The molecule has 8 nitrogen and oxygen atoms in total. The molecular formula is C17H15ClN4O4S. The topological polar surface area (TPSA) is 107 Å². The lowest BCUT2D eigenvalue weighted by Crippen LogP contribution is -2.27. The molecule has 0 aliphatic heterocycles. The van der Waals surface area contributed by atoms with Gasteiger partial charge in [0.1, 0.15) is 5.02 Å². The number of sulfonamides is 1. The van der Waals surface area contributed by atoms with Crippen molar-refractivity contribution in [3.05, 3.63) is 81.9 Å². The van der Waals surface area contributed by atoms with Crippen molar-refractivity contribution in [3.8, 4) is 5.69 Å². The highest BCUT2D eigenvalue weighted by Crippen LogP contribution is 2.28. The summed E-state index contributed by atoms with van der Waals surface area (Å²) < 4.78 is 29.5. The Labute approximate surface area is 160 Å². The predicted octanol–water partition coefficient (Wildman–Crippen LogP) is 3.47. The number of rotatable bonds is 6. The third-order valence-electron chi connectivity index (χ3n) is 3.95. The molecule has 0 amide bonds. The van der Waals surface area contributed by atoms with E-state index in [0.29, 0.717) is 0 Å². The Morgan fingerprint density at radius 2 is 1.93 bits per heavy atom. The number of nitrogens with one attached hydrogen (secondary N) is 1. The van der Waals surface area contributed by atoms with Crippen molar-refractivity contribution in [3.63, 3.8) is 0 Å². The number of nitro groups is 1. The Morgan fingerprint density at radius 1 is 1.22 bits per heavy atom. The second-order valence-electron chi connectivity index (χ2n) is 5.77. The average Bonchev–Trinajstić information content (AvgIpc) is 3.16. The number of hydrogen-bond acceptors (Lipinski definition) is 5. The van der Waals surface area contributed by atoms with E-state index in [1.807, 2.05) is 16.7 Å². The highest BCUT2D eigenvalue weighted by molar-refractivity contribution is 7.89. The summed E-state index contributed by atoms with van der Waals surface area (Å²) in [5.74, 6) is 0. The van der Waals surface area contributed by atoms with Gasteiger partial charge in [-0.15, -0.1) is 0 Å². The van der Waals surface area contributed by atoms with Crippen molar-refractivity contribution in [2.45, 2.75) is 17.9 Å². The van der Waals surface area contributed by atoms with Gasteiger partial charge in [0.25, 0.3) is 5.69 Å². The molecule has 3 rings (SSSR count). The number of nitro benzene ring substituents is 1. The maximum Gasteiger partial charge on any atom is 0.289 e. The molecule has 0 fully saturated rings. The Balaban J connectivity index is 1.81. The molecule has 3 aromatic rings. The largest absolute Gasteiger partial charge is 0.306 e. The first-order valence-electron chi connectivity index (χ1n) is 7.82. The highest BCUT2D eigenvalue weighted by atomic mass is 35.5. The zero-order chi connectivity index (χ0) is 19.6. The van der Waals surface area contributed by atoms with Crippen LogP contribution in [0.3, 0.4) is 0 Å². The fourth-order valence-corrected chi connectivity index (χ4v) is 3.95. The van der Waals surface area contributed by atoms with Gasteiger partial charge < -0.3 is 4.57 Å². The van der Waals surface area contributed by atoms with Crippen LogP contribution in [0.2, 0.25) is 5.02 Å². The van der Waals surface area contributed by atoms with Crippen LogP contribution in [0.4, 0.5) is 5.69 Å². The summed E-state index contributed by atoms with van der Waals surface area (Å²) in [4.78, 5) is 14.0. The summed E-state index contributed by atoms with van der Waals surface area (Å²) in [6.07, 6.45) is 5.12. The van der Waals surface area contributed by atoms with Crippen LogP contribution in [0.25, 0.3) is 5.69 Å². The maximum absolute atomic E-state index is 12.6. The zero-order valence-corrected chi connectivity index (χ0v) is 15.7. The molecule has 1 heterocycles. The summed E-state index contributed by atoms with van der Waals surface area (Å²) >= 11 is 5.74. The Kier molecular flexibility index (Phi) is 5.26. The van der Waals surface area contributed by atoms with Crippen LogP contribution < -0.4 is 4.72 Å². The van der Waals surface area contributed by atoms with Gasteiger partial charge in [0.15, 0.2) is 0 Å². The van der Waals surface area contributed by atoms with Crippen LogP contribution in [-0.4, -0.2) is 22.9 Å². The van der Waals surface area contributed by atoms with E-state index in [1.165, 1.54) is 12.1 Å². The lowest BCUT2D eigenvalue weighted by molar-refractivity contribution is -0.384. The zero-order valence-electron chi connectivity index (χ0n) is 14.1.